The van der Waals surface area contributed by atoms with Crippen LogP contribution in [0.4, 0.5) is 11.6 Å². The average Bonchev–Trinajstić information content (AvgIpc) is 3.26. The molecule has 0 radical (unpaired) electrons. The molecule has 4 N–H and O–H groups in total. The van der Waals surface area contributed by atoms with Crippen LogP contribution < -0.4 is 11.1 Å². The monoisotopic (exact) mass is 278 g/mol. The van der Waals surface area contributed by atoms with Crippen molar-refractivity contribution in [2.45, 2.75) is 44.1 Å². The van der Waals surface area contributed by atoms with E-state index in [9.17, 15) is 5.11 Å². The molecule has 110 valence electrons. The first-order chi connectivity index (χ1) is 9.57. The lowest BCUT2D eigenvalue weighted by atomic mass is 9.94. The molecule has 0 aromatic carbocycles. The number of nitrogens with one attached hydrogen (secondary N) is 1. The molecule has 2 aliphatic rings. The summed E-state index contributed by atoms with van der Waals surface area (Å²) in [6.07, 6.45) is 3.58. The maximum Gasteiger partial charge on any atom is 0.136 e. The zero-order chi connectivity index (χ0) is 14.2. The average molecular weight is 278 g/mol. The van der Waals surface area contributed by atoms with Gasteiger partial charge in [-0.05, 0) is 19.8 Å². The lowest BCUT2D eigenvalue weighted by Crippen LogP contribution is -2.42. The minimum absolute atomic E-state index is 0.463. The number of anilines is 2. The summed E-state index contributed by atoms with van der Waals surface area (Å²) in [4.78, 5) is 8.92. The Bertz CT molecular complexity index is 496. The predicted octanol–water partition coefficient (Wildman–Crippen LogP) is 1.20. The molecule has 1 aromatic heterocycles. The van der Waals surface area contributed by atoms with Crippen LogP contribution in [-0.4, -0.2) is 40.4 Å². The molecule has 1 aliphatic carbocycles. The van der Waals surface area contributed by atoms with Gasteiger partial charge in [0.15, 0.2) is 0 Å². The van der Waals surface area contributed by atoms with Gasteiger partial charge in [-0.1, -0.05) is 0 Å². The molecule has 6 nitrogen and oxygen atoms in total. The largest absolute Gasteiger partial charge is 0.388 e. The van der Waals surface area contributed by atoms with Crippen molar-refractivity contribution in [3.05, 3.63) is 11.4 Å². The molecule has 0 unspecified atom stereocenters. The Kier molecular flexibility index (Phi) is 3.52. The highest BCUT2D eigenvalue weighted by atomic mass is 16.5. The van der Waals surface area contributed by atoms with Crippen molar-refractivity contribution in [1.29, 1.82) is 0 Å². The maximum absolute atomic E-state index is 10.5. The molecule has 0 spiro atoms. The number of hydrogen-bond acceptors (Lipinski definition) is 6. The van der Waals surface area contributed by atoms with Crippen LogP contribution in [0.2, 0.25) is 0 Å². The maximum atomic E-state index is 10.5. The molecule has 0 amide bonds. The van der Waals surface area contributed by atoms with E-state index in [2.05, 4.69) is 15.3 Å². The summed E-state index contributed by atoms with van der Waals surface area (Å²) in [5.74, 6) is 2.57. The number of nitrogens with two attached hydrogens (primary N) is 1. The van der Waals surface area contributed by atoms with E-state index in [1.165, 1.54) is 0 Å². The third kappa shape index (κ3) is 2.86. The third-order valence-corrected chi connectivity index (χ3v) is 4.15. The molecule has 20 heavy (non-hydrogen) atoms. The quantitative estimate of drug-likeness (QED) is 0.766. The van der Waals surface area contributed by atoms with Crippen molar-refractivity contribution in [2.75, 3.05) is 30.8 Å². The summed E-state index contributed by atoms with van der Waals surface area (Å²) in [6.45, 7) is 3.59. The van der Waals surface area contributed by atoms with Crippen LogP contribution in [0.3, 0.4) is 0 Å². The number of aliphatic hydroxyl groups is 1. The predicted molar refractivity (Wildman–Crippen MR) is 76.6 cm³/mol. The first-order valence-electron chi connectivity index (χ1n) is 7.25. The van der Waals surface area contributed by atoms with E-state index < -0.39 is 5.60 Å². The van der Waals surface area contributed by atoms with E-state index in [1.807, 2.05) is 6.92 Å². The summed E-state index contributed by atoms with van der Waals surface area (Å²) in [5.41, 5.74) is 6.09. The summed E-state index contributed by atoms with van der Waals surface area (Å²) in [6, 6.07) is 0. The van der Waals surface area contributed by atoms with Crippen molar-refractivity contribution < 1.29 is 9.84 Å². The highest BCUT2D eigenvalue weighted by Crippen LogP contribution is 2.39. The summed E-state index contributed by atoms with van der Waals surface area (Å²) in [5, 5.41) is 13.7. The number of nitrogens with zero attached hydrogens (tertiary/aromatic N) is 2. The van der Waals surface area contributed by atoms with Gasteiger partial charge in [0.1, 0.15) is 17.5 Å². The fraction of sp³-hybridized carbons (Fsp3) is 0.714. The Morgan fingerprint density at radius 2 is 2.05 bits per heavy atom. The number of rotatable bonds is 4. The van der Waals surface area contributed by atoms with Crippen LogP contribution in [0.25, 0.3) is 0 Å². The Balaban J connectivity index is 1.72. The standard InChI is InChI=1S/C14H22N4O2/c1-9-11(15)17-13(10-2-3-10)18-12(9)16-8-14(19)4-6-20-7-5-14/h10,19H,2-8H2,1H3,(H3,15,16,17,18). The van der Waals surface area contributed by atoms with Crippen molar-refractivity contribution in [1.82, 2.24) is 9.97 Å². The van der Waals surface area contributed by atoms with Gasteiger partial charge < -0.3 is 20.9 Å². The molecular weight excluding hydrogens is 256 g/mol. The fourth-order valence-corrected chi connectivity index (χ4v) is 2.42. The van der Waals surface area contributed by atoms with Crippen LogP contribution in [0, 0.1) is 6.92 Å². The molecule has 1 aromatic rings. The van der Waals surface area contributed by atoms with Gasteiger partial charge >= 0.3 is 0 Å². The van der Waals surface area contributed by atoms with Crippen LogP contribution >= 0.6 is 0 Å². The Hall–Kier alpha value is -1.40. The Morgan fingerprint density at radius 1 is 1.35 bits per heavy atom. The smallest absolute Gasteiger partial charge is 0.136 e. The van der Waals surface area contributed by atoms with Gasteiger partial charge in [0, 0.05) is 44.1 Å². The lowest BCUT2D eigenvalue weighted by Gasteiger charge is -2.32. The topological polar surface area (TPSA) is 93.3 Å². The molecule has 0 bridgehead atoms. The first kappa shape index (κ1) is 13.6. The Labute approximate surface area is 118 Å². The molecule has 1 aliphatic heterocycles. The summed E-state index contributed by atoms with van der Waals surface area (Å²) >= 11 is 0. The summed E-state index contributed by atoms with van der Waals surface area (Å²) in [7, 11) is 0. The van der Waals surface area contributed by atoms with Crippen LogP contribution in [0.1, 0.15) is 43.0 Å². The minimum atomic E-state index is -0.718. The first-order valence-corrected chi connectivity index (χ1v) is 7.25. The minimum Gasteiger partial charge on any atom is -0.388 e. The third-order valence-electron chi connectivity index (χ3n) is 4.15. The van der Waals surface area contributed by atoms with Gasteiger partial charge in [-0.25, -0.2) is 9.97 Å². The van der Waals surface area contributed by atoms with Gasteiger partial charge in [-0.2, -0.15) is 0 Å². The van der Waals surface area contributed by atoms with Crippen molar-refractivity contribution in [2.24, 2.45) is 0 Å². The molecular formula is C14H22N4O2. The molecule has 3 rings (SSSR count). The van der Waals surface area contributed by atoms with Gasteiger partial charge in [0.25, 0.3) is 0 Å². The number of nitrogen functional groups attached to an aromatic ring is 1. The summed E-state index contributed by atoms with van der Waals surface area (Å²) < 4.78 is 5.29. The lowest BCUT2D eigenvalue weighted by molar-refractivity contribution is -0.0543. The van der Waals surface area contributed by atoms with Gasteiger partial charge in [0.2, 0.25) is 0 Å². The second-order valence-corrected chi connectivity index (χ2v) is 5.91. The Morgan fingerprint density at radius 3 is 2.70 bits per heavy atom. The van der Waals surface area contributed by atoms with Crippen molar-refractivity contribution in [3.8, 4) is 0 Å². The number of aromatic nitrogens is 2. The van der Waals surface area contributed by atoms with E-state index >= 15 is 0 Å². The molecule has 0 atom stereocenters. The van der Waals surface area contributed by atoms with Gasteiger partial charge in [-0.15, -0.1) is 0 Å². The molecule has 6 heteroatoms. The van der Waals surface area contributed by atoms with Gasteiger partial charge in [0.05, 0.1) is 5.60 Å². The van der Waals surface area contributed by atoms with Gasteiger partial charge in [-0.3, -0.25) is 0 Å². The van der Waals surface area contributed by atoms with E-state index in [4.69, 9.17) is 10.5 Å². The van der Waals surface area contributed by atoms with E-state index in [-0.39, 0.29) is 0 Å². The van der Waals surface area contributed by atoms with Crippen molar-refractivity contribution >= 4 is 11.6 Å². The number of hydrogen-bond donors (Lipinski definition) is 3. The zero-order valence-corrected chi connectivity index (χ0v) is 11.9. The van der Waals surface area contributed by atoms with Crippen LogP contribution in [-0.2, 0) is 4.74 Å². The normalized spacial score (nSPS) is 21.7. The SMILES string of the molecule is Cc1c(N)nc(C2CC2)nc1NCC1(O)CCOCC1. The number of ether oxygens (including phenoxy) is 1. The molecule has 2 fully saturated rings. The zero-order valence-electron chi connectivity index (χ0n) is 11.9. The fourth-order valence-electron chi connectivity index (χ4n) is 2.42. The van der Waals surface area contributed by atoms with E-state index in [0.717, 1.165) is 30.0 Å². The highest BCUT2D eigenvalue weighted by molar-refractivity contribution is 5.55. The van der Waals surface area contributed by atoms with Crippen LogP contribution in [0.15, 0.2) is 0 Å². The second-order valence-electron chi connectivity index (χ2n) is 5.91. The molecule has 1 saturated carbocycles. The van der Waals surface area contributed by atoms with E-state index in [1.54, 1.807) is 0 Å². The molecule has 2 heterocycles. The molecule has 1 saturated heterocycles. The van der Waals surface area contributed by atoms with Crippen LogP contribution in [0.5, 0.6) is 0 Å². The van der Waals surface area contributed by atoms with Crippen molar-refractivity contribution in [3.63, 3.8) is 0 Å². The second kappa shape index (κ2) is 5.18. The highest BCUT2D eigenvalue weighted by Gasteiger charge is 2.31. The van der Waals surface area contributed by atoms with E-state index in [0.29, 0.717) is 44.3 Å².